The standard InChI is InChI=1S/C17H22N4OS/c1-14(17(22)19-13-15-5-4-12-23-15)20-8-10-21(11-9-20)16-6-2-3-7-18-16/h2-7,12,14H,8-11,13H2,1H3,(H,19,22)/p+2/t14-/m1/s1. The Kier molecular flexibility index (Phi) is 5.25. The number of thiophene rings is 1. The van der Waals surface area contributed by atoms with Gasteiger partial charge < -0.3 is 10.2 Å². The molecule has 2 aromatic rings. The minimum atomic E-state index is -0.00290. The van der Waals surface area contributed by atoms with Gasteiger partial charge in [0.15, 0.2) is 6.04 Å². The van der Waals surface area contributed by atoms with Crippen LogP contribution in [0, 0.1) is 0 Å². The van der Waals surface area contributed by atoms with Crippen LogP contribution >= 0.6 is 11.3 Å². The smallest absolute Gasteiger partial charge is 0.278 e. The Morgan fingerprint density at radius 1 is 1.35 bits per heavy atom. The second kappa shape index (κ2) is 7.57. The van der Waals surface area contributed by atoms with E-state index in [1.807, 2.05) is 36.7 Å². The molecule has 6 heteroatoms. The molecule has 5 nitrogen and oxygen atoms in total. The van der Waals surface area contributed by atoms with Gasteiger partial charge in [-0.15, -0.1) is 11.3 Å². The summed E-state index contributed by atoms with van der Waals surface area (Å²) in [4.78, 5) is 20.5. The maximum atomic E-state index is 12.3. The average Bonchev–Trinajstić information content (AvgIpc) is 3.13. The molecule has 1 aliphatic rings. The maximum absolute atomic E-state index is 12.3. The molecule has 0 spiro atoms. The molecule has 3 heterocycles. The van der Waals surface area contributed by atoms with Gasteiger partial charge in [-0.2, -0.15) is 0 Å². The average molecular weight is 332 g/mol. The van der Waals surface area contributed by atoms with E-state index < -0.39 is 0 Å². The summed E-state index contributed by atoms with van der Waals surface area (Å²) in [5.74, 6) is 1.30. The summed E-state index contributed by atoms with van der Waals surface area (Å²) in [5, 5.41) is 5.09. The third kappa shape index (κ3) is 4.09. The van der Waals surface area contributed by atoms with Crippen LogP contribution in [0.3, 0.4) is 0 Å². The quantitative estimate of drug-likeness (QED) is 0.808. The highest BCUT2D eigenvalue weighted by Crippen LogP contribution is 2.07. The van der Waals surface area contributed by atoms with Crippen LogP contribution in [0.2, 0.25) is 0 Å². The molecule has 1 atom stereocenters. The van der Waals surface area contributed by atoms with Crippen LogP contribution in [0.4, 0.5) is 5.82 Å². The van der Waals surface area contributed by atoms with Crippen molar-refractivity contribution < 1.29 is 14.7 Å². The number of H-pyrrole nitrogens is 1. The van der Waals surface area contributed by atoms with Crippen molar-refractivity contribution in [2.75, 3.05) is 31.1 Å². The van der Waals surface area contributed by atoms with Gasteiger partial charge in [0.05, 0.1) is 12.7 Å². The van der Waals surface area contributed by atoms with Crippen LogP contribution in [0.1, 0.15) is 11.8 Å². The van der Waals surface area contributed by atoms with Crippen LogP contribution in [0.15, 0.2) is 41.9 Å². The molecule has 3 rings (SSSR count). The van der Waals surface area contributed by atoms with E-state index in [1.54, 1.807) is 11.3 Å². The zero-order chi connectivity index (χ0) is 16.1. The molecule has 23 heavy (non-hydrogen) atoms. The van der Waals surface area contributed by atoms with Crippen LogP contribution in [0.25, 0.3) is 0 Å². The lowest BCUT2D eigenvalue weighted by molar-refractivity contribution is -0.914. The highest BCUT2D eigenvalue weighted by molar-refractivity contribution is 7.09. The summed E-state index contributed by atoms with van der Waals surface area (Å²) in [5.41, 5.74) is 0. The third-order valence-electron chi connectivity index (χ3n) is 4.46. The number of aromatic amines is 1. The Hall–Kier alpha value is -1.92. The van der Waals surface area contributed by atoms with Gasteiger partial charge >= 0.3 is 0 Å². The molecule has 2 aromatic heterocycles. The number of anilines is 1. The van der Waals surface area contributed by atoms with Gasteiger partial charge in [0.2, 0.25) is 0 Å². The van der Waals surface area contributed by atoms with Crippen LogP contribution in [-0.4, -0.2) is 38.1 Å². The highest BCUT2D eigenvalue weighted by atomic mass is 32.1. The van der Waals surface area contributed by atoms with Crippen LogP contribution in [0.5, 0.6) is 0 Å². The molecule has 0 unspecified atom stereocenters. The number of hydrogen-bond acceptors (Lipinski definition) is 3. The van der Waals surface area contributed by atoms with Crippen molar-refractivity contribution >= 4 is 23.1 Å². The Morgan fingerprint density at radius 2 is 2.17 bits per heavy atom. The van der Waals surface area contributed by atoms with Crippen molar-refractivity contribution in [3.63, 3.8) is 0 Å². The third-order valence-corrected chi connectivity index (χ3v) is 5.34. The number of nitrogens with zero attached hydrogens (tertiary/aromatic N) is 1. The summed E-state index contributed by atoms with van der Waals surface area (Å²) in [6, 6.07) is 10.2. The normalized spacial score (nSPS) is 17.0. The van der Waals surface area contributed by atoms with Crippen molar-refractivity contribution in [1.29, 1.82) is 0 Å². The van der Waals surface area contributed by atoms with E-state index in [2.05, 4.69) is 27.3 Å². The minimum absolute atomic E-state index is 0.00290. The van der Waals surface area contributed by atoms with E-state index in [4.69, 9.17) is 0 Å². The lowest BCUT2D eigenvalue weighted by Crippen LogP contribution is -3.19. The van der Waals surface area contributed by atoms with Gasteiger partial charge in [0.25, 0.3) is 11.7 Å². The van der Waals surface area contributed by atoms with Crippen molar-refractivity contribution in [1.82, 2.24) is 5.32 Å². The second-order valence-electron chi connectivity index (χ2n) is 5.91. The van der Waals surface area contributed by atoms with Crippen molar-refractivity contribution in [3.05, 3.63) is 46.8 Å². The Bertz CT molecular complexity index is 609. The molecule has 0 saturated carbocycles. The number of rotatable bonds is 5. The monoisotopic (exact) mass is 332 g/mol. The van der Waals surface area contributed by atoms with E-state index in [0.717, 1.165) is 32.0 Å². The summed E-state index contributed by atoms with van der Waals surface area (Å²) >= 11 is 1.68. The topological polar surface area (TPSA) is 50.9 Å². The Balaban J connectivity index is 1.47. The molecular formula is C17H24N4OS+2. The minimum Gasteiger partial charge on any atom is -0.346 e. The van der Waals surface area contributed by atoms with Gasteiger partial charge in [-0.05, 0) is 24.4 Å². The molecule has 0 aromatic carbocycles. The number of carbonyl (C=O) groups excluding carboxylic acids is 1. The number of piperazine rings is 1. The lowest BCUT2D eigenvalue weighted by atomic mass is 10.2. The Labute approximate surface area is 140 Å². The predicted molar refractivity (Wildman–Crippen MR) is 91.5 cm³/mol. The maximum Gasteiger partial charge on any atom is 0.278 e. The first-order chi connectivity index (χ1) is 11.2. The number of hydrogen-bond donors (Lipinski definition) is 2. The van der Waals surface area contributed by atoms with E-state index >= 15 is 0 Å². The number of aromatic nitrogens is 1. The number of pyridine rings is 1. The van der Waals surface area contributed by atoms with Crippen molar-refractivity contribution in [2.24, 2.45) is 0 Å². The zero-order valence-electron chi connectivity index (χ0n) is 13.4. The summed E-state index contributed by atoms with van der Waals surface area (Å²) in [7, 11) is 0. The SMILES string of the molecule is C[C@H](C(=O)NCc1cccs1)[NH+]1CCN(c2cccc[nH+]2)CC1. The van der Waals surface area contributed by atoms with E-state index in [-0.39, 0.29) is 11.9 Å². The first-order valence-electron chi connectivity index (χ1n) is 8.10. The molecule has 3 N–H and O–H groups in total. The number of amides is 1. The first-order valence-corrected chi connectivity index (χ1v) is 8.98. The van der Waals surface area contributed by atoms with E-state index in [0.29, 0.717) is 6.54 Å². The van der Waals surface area contributed by atoms with Crippen LogP contribution in [-0.2, 0) is 11.3 Å². The molecule has 0 bridgehead atoms. The van der Waals surface area contributed by atoms with Gasteiger partial charge in [0, 0.05) is 10.9 Å². The molecule has 1 saturated heterocycles. The van der Waals surface area contributed by atoms with E-state index in [1.165, 1.54) is 9.78 Å². The lowest BCUT2D eigenvalue weighted by Gasteiger charge is -2.31. The number of quaternary nitrogens is 1. The molecule has 1 amide bonds. The molecule has 0 radical (unpaired) electrons. The van der Waals surface area contributed by atoms with Gasteiger partial charge in [-0.25, -0.2) is 4.98 Å². The Morgan fingerprint density at radius 3 is 2.83 bits per heavy atom. The molecular weight excluding hydrogens is 308 g/mol. The summed E-state index contributed by atoms with van der Waals surface area (Å²) < 4.78 is 0. The summed E-state index contributed by atoms with van der Waals surface area (Å²) in [6.07, 6.45) is 1.95. The molecule has 122 valence electrons. The first kappa shape index (κ1) is 16.0. The largest absolute Gasteiger partial charge is 0.346 e. The fourth-order valence-electron chi connectivity index (χ4n) is 2.97. The predicted octanol–water partition coefficient (Wildman–Crippen LogP) is -0.0280. The number of carbonyl (C=O) groups is 1. The van der Waals surface area contributed by atoms with Crippen molar-refractivity contribution in [3.8, 4) is 0 Å². The summed E-state index contributed by atoms with van der Waals surface area (Å²) in [6.45, 7) is 6.58. The van der Waals surface area contributed by atoms with Gasteiger partial charge in [0.1, 0.15) is 26.2 Å². The van der Waals surface area contributed by atoms with Gasteiger partial charge in [-0.1, -0.05) is 12.1 Å². The fourth-order valence-corrected chi connectivity index (χ4v) is 3.62. The van der Waals surface area contributed by atoms with Gasteiger partial charge in [-0.3, -0.25) is 9.69 Å². The fraction of sp³-hybridized carbons (Fsp3) is 0.412. The second-order valence-corrected chi connectivity index (χ2v) is 6.94. The van der Waals surface area contributed by atoms with Crippen LogP contribution < -0.4 is 20.1 Å². The molecule has 1 fully saturated rings. The van der Waals surface area contributed by atoms with E-state index in [9.17, 15) is 4.79 Å². The molecule has 0 aliphatic carbocycles. The highest BCUT2D eigenvalue weighted by Gasteiger charge is 2.32. The zero-order valence-corrected chi connectivity index (χ0v) is 14.2. The molecule has 1 aliphatic heterocycles. The number of nitrogens with one attached hydrogen (secondary N) is 3. The van der Waals surface area contributed by atoms with Crippen molar-refractivity contribution in [2.45, 2.75) is 19.5 Å².